The maximum Gasteiger partial charge on any atom is 0.132 e. The van der Waals surface area contributed by atoms with Crippen molar-refractivity contribution in [2.75, 3.05) is 45.3 Å². The van der Waals surface area contributed by atoms with Crippen LogP contribution in [0.2, 0.25) is 0 Å². The lowest BCUT2D eigenvalue weighted by Gasteiger charge is -2.31. The second-order valence-electron chi connectivity index (χ2n) is 6.80. The number of hydrogen-bond donors (Lipinski definition) is 0. The Morgan fingerprint density at radius 1 is 1.23 bits per heavy atom. The third-order valence-corrected chi connectivity index (χ3v) is 4.84. The van der Waals surface area contributed by atoms with E-state index in [1.54, 1.807) is 0 Å². The molecule has 0 spiro atoms. The second-order valence-corrected chi connectivity index (χ2v) is 6.80. The molecule has 2 aliphatic heterocycles. The first-order valence-corrected chi connectivity index (χ1v) is 8.48. The summed E-state index contributed by atoms with van der Waals surface area (Å²) in [5.74, 6) is 2.67. The zero-order valence-corrected chi connectivity index (χ0v) is 14.1. The van der Waals surface area contributed by atoms with Gasteiger partial charge < -0.3 is 9.64 Å². The summed E-state index contributed by atoms with van der Waals surface area (Å²) in [6.45, 7) is 6.24. The van der Waals surface area contributed by atoms with E-state index in [0.717, 1.165) is 30.8 Å². The van der Waals surface area contributed by atoms with Gasteiger partial charge in [-0.15, -0.1) is 0 Å². The Morgan fingerprint density at radius 2 is 2.00 bits per heavy atom. The third-order valence-electron chi connectivity index (χ3n) is 4.84. The molecule has 5 heteroatoms. The molecule has 3 rings (SSSR count). The van der Waals surface area contributed by atoms with Crippen LogP contribution in [0.15, 0.2) is 6.07 Å². The minimum atomic E-state index is 0.461. The van der Waals surface area contributed by atoms with Crippen LogP contribution in [0, 0.1) is 12.8 Å². The number of likely N-dealkylation sites (tertiary alicyclic amines) is 1. The maximum atomic E-state index is 5.49. The quantitative estimate of drug-likeness (QED) is 0.854. The normalized spacial score (nSPS) is 23.9. The first-order chi connectivity index (χ1) is 10.6. The molecule has 0 amide bonds. The van der Waals surface area contributed by atoms with E-state index < -0.39 is 0 Å². The monoisotopic (exact) mass is 304 g/mol. The molecular weight excluding hydrogens is 276 g/mol. The largest absolute Gasteiger partial charge is 0.381 e. The summed E-state index contributed by atoms with van der Waals surface area (Å²) in [5, 5.41) is 0. The predicted molar refractivity (Wildman–Crippen MR) is 88.2 cm³/mol. The summed E-state index contributed by atoms with van der Waals surface area (Å²) in [4.78, 5) is 14.0. The van der Waals surface area contributed by atoms with Crippen LogP contribution in [-0.2, 0) is 4.74 Å². The van der Waals surface area contributed by atoms with Crippen LogP contribution in [-0.4, -0.2) is 55.3 Å². The van der Waals surface area contributed by atoms with Gasteiger partial charge in [-0.25, -0.2) is 9.97 Å². The van der Waals surface area contributed by atoms with Crippen LogP contribution in [0.1, 0.15) is 43.2 Å². The van der Waals surface area contributed by atoms with Crippen molar-refractivity contribution in [2.24, 2.45) is 5.92 Å². The Labute approximate surface area is 133 Å². The van der Waals surface area contributed by atoms with E-state index in [9.17, 15) is 0 Å². The summed E-state index contributed by atoms with van der Waals surface area (Å²) >= 11 is 0. The van der Waals surface area contributed by atoms with Crippen molar-refractivity contribution in [2.45, 2.75) is 38.6 Å². The van der Waals surface area contributed by atoms with Gasteiger partial charge in [0.25, 0.3) is 0 Å². The molecule has 0 aromatic carbocycles. The molecule has 2 saturated heterocycles. The van der Waals surface area contributed by atoms with Gasteiger partial charge in [0.1, 0.15) is 11.6 Å². The minimum absolute atomic E-state index is 0.461. The van der Waals surface area contributed by atoms with E-state index in [4.69, 9.17) is 9.72 Å². The predicted octanol–water partition coefficient (Wildman–Crippen LogP) is 2.41. The molecule has 122 valence electrons. The topological polar surface area (TPSA) is 41.5 Å². The number of ether oxygens (including phenoxy) is 1. The van der Waals surface area contributed by atoms with Gasteiger partial charge in [-0.05, 0) is 45.1 Å². The van der Waals surface area contributed by atoms with E-state index in [2.05, 4.69) is 20.9 Å². The molecule has 22 heavy (non-hydrogen) atoms. The SMILES string of the molecule is Cc1nc([C@@H]2CCCN2CC2CCOCC2)cc(N(C)C)n1. The first-order valence-electron chi connectivity index (χ1n) is 8.48. The van der Waals surface area contributed by atoms with Gasteiger partial charge in [-0.1, -0.05) is 0 Å². The lowest BCUT2D eigenvalue weighted by molar-refractivity contribution is 0.0504. The molecule has 2 fully saturated rings. The third kappa shape index (κ3) is 3.58. The zero-order valence-electron chi connectivity index (χ0n) is 14.1. The van der Waals surface area contributed by atoms with Crippen molar-refractivity contribution in [3.63, 3.8) is 0 Å². The minimum Gasteiger partial charge on any atom is -0.381 e. The van der Waals surface area contributed by atoms with Crippen molar-refractivity contribution in [1.29, 1.82) is 0 Å². The highest BCUT2D eigenvalue weighted by Crippen LogP contribution is 2.33. The summed E-state index contributed by atoms with van der Waals surface area (Å²) < 4.78 is 5.49. The van der Waals surface area contributed by atoms with Crippen molar-refractivity contribution < 1.29 is 4.74 Å². The molecule has 5 nitrogen and oxygen atoms in total. The standard InChI is InChI=1S/C17H28N4O/c1-13-18-15(11-17(19-13)20(2)3)16-5-4-8-21(16)12-14-6-9-22-10-7-14/h11,14,16H,4-10,12H2,1-3H3/t16-/m0/s1. The molecule has 1 aromatic rings. The highest BCUT2D eigenvalue weighted by Gasteiger charge is 2.30. The molecule has 0 bridgehead atoms. The molecule has 0 aliphatic carbocycles. The first kappa shape index (κ1) is 15.7. The summed E-state index contributed by atoms with van der Waals surface area (Å²) in [6.07, 6.45) is 4.89. The number of aromatic nitrogens is 2. The van der Waals surface area contributed by atoms with Gasteiger partial charge in [-0.3, -0.25) is 4.90 Å². The Balaban J connectivity index is 1.74. The molecule has 1 aromatic heterocycles. The molecule has 0 saturated carbocycles. The van der Waals surface area contributed by atoms with Gasteiger partial charge in [0.05, 0.1) is 11.7 Å². The average molecular weight is 304 g/mol. The molecule has 0 unspecified atom stereocenters. The number of anilines is 1. The highest BCUT2D eigenvalue weighted by molar-refractivity contribution is 5.38. The molecule has 0 N–H and O–H groups in total. The number of aryl methyl sites for hydroxylation is 1. The lowest BCUT2D eigenvalue weighted by Crippen LogP contribution is -2.32. The Morgan fingerprint density at radius 3 is 2.73 bits per heavy atom. The zero-order chi connectivity index (χ0) is 15.5. The fourth-order valence-electron chi connectivity index (χ4n) is 3.61. The smallest absolute Gasteiger partial charge is 0.132 e. The van der Waals surface area contributed by atoms with Gasteiger partial charge >= 0.3 is 0 Å². The molecule has 2 aliphatic rings. The van der Waals surface area contributed by atoms with Crippen LogP contribution in [0.3, 0.4) is 0 Å². The second kappa shape index (κ2) is 6.92. The van der Waals surface area contributed by atoms with E-state index in [0.29, 0.717) is 6.04 Å². The van der Waals surface area contributed by atoms with Gasteiger partial charge in [0.2, 0.25) is 0 Å². The summed E-state index contributed by atoms with van der Waals surface area (Å²) in [6, 6.07) is 2.63. The Kier molecular flexibility index (Phi) is 4.93. The van der Waals surface area contributed by atoms with Crippen molar-refractivity contribution >= 4 is 5.82 Å². The fraction of sp³-hybridized carbons (Fsp3) is 0.765. The van der Waals surface area contributed by atoms with Crippen molar-refractivity contribution in [3.05, 3.63) is 17.6 Å². The van der Waals surface area contributed by atoms with Gasteiger partial charge in [-0.2, -0.15) is 0 Å². The highest BCUT2D eigenvalue weighted by atomic mass is 16.5. The Bertz CT molecular complexity index is 499. The molecular formula is C17H28N4O. The van der Waals surface area contributed by atoms with Gasteiger partial charge in [0, 0.05) is 39.9 Å². The van der Waals surface area contributed by atoms with Crippen LogP contribution in [0.4, 0.5) is 5.82 Å². The van der Waals surface area contributed by atoms with Crippen molar-refractivity contribution in [1.82, 2.24) is 14.9 Å². The molecule has 0 radical (unpaired) electrons. The van der Waals surface area contributed by atoms with E-state index in [1.165, 1.54) is 44.5 Å². The number of nitrogens with zero attached hydrogens (tertiary/aromatic N) is 4. The van der Waals surface area contributed by atoms with Crippen molar-refractivity contribution in [3.8, 4) is 0 Å². The van der Waals surface area contributed by atoms with Crippen LogP contribution >= 0.6 is 0 Å². The fourth-order valence-corrected chi connectivity index (χ4v) is 3.61. The maximum absolute atomic E-state index is 5.49. The van der Waals surface area contributed by atoms with E-state index in [1.807, 2.05) is 21.0 Å². The van der Waals surface area contributed by atoms with Crippen LogP contribution < -0.4 is 4.90 Å². The van der Waals surface area contributed by atoms with E-state index in [-0.39, 0.29) is 0 Å². The number of rotatable bonds is 4. The van der Waals surface area contributed by atoms with E-state index >= 15 is 0 Å². The number of hydrogen-bond acceptors (Lipinski definition) is 5. The van der Waals surface area contributed by atoms with Crippen LogP contribution in [0.5, 0.6) is 0 Å². The average Bonchev–Trinajstić information content (AvgIpc) is 2.96. The lowest BCUT2D eigenvalue weighted by atomic mass is 9.99. The summed E-state index contributed by atoms with van der Waals surface area (Å²) in [5.41, 5.74) is 1.20. The molecule has 1 atom stereocenters. The molecule has 3 heterocycles. The van der Waals surface area contributed by atoms with Gasteiger partial charge in [0.15, 0.2) is 0 Å². The van der Waals surface area contributed by atoms with Crippen LogP contribution in [0.25, 0.3) is 0 Å². The summed E-state index contributed by atoms with van der Waals surface area (Å²) in [7, 11) is 4.08. The Hall–Kier alpha value is -1.20.